The average molecular weight is 261 g/mol. The molecule has 104 valence electrons. The van der Waals surface area contributed by atoms with Gasteiger partial charge in [-0.1, -0.05) is 18.9 Å². The number of aliphatic hydroxyl groups is 1. The second-order valence-electron chi connectivity index (χ2n) is 5.72. The number of anilines is 1. The lowest BCUT2D eigenvalue weighted by Gasteiger charge is -2.31. The number of nitrogen functional groups attached to an aromatic ring is 1. The zero-order valence-corrected chi connectivity index (χ0v) is 11.7. The molecule has 0 bridgehead atoms. The molecule has 1 fully saturated rings. The molecular weight excluding hydrogens is 238 g/mol. The van der Waals surface area contributed by atoms with Crippen LogP contribution in [-0.4, -0.2) is 30.1 Å². The molecule has 1 aromatic rings. The van der Waals surface area contributed by atoms with Crippen molar-refractivity contribution in [2.24, 2.45) is 5.73 Å². The second kappa shape index (κ2) is 5.21. The van der Waals surface area contributed by atoms with E-state index in [-0.39, 0.29) is 5.84 Å². The Bertz CT molecular complexity index is 478. The van der Waals surface area contributed by atoms with Gasteiger partial charge in [-0.3, -0.25) is 5.41 Å². The van der Waals surface area contributed by atoms with Gasteiger partial charge in [-0.25, -0.2) is 0 Å². The summed E-state index contributed by atoms with van der Waals surface area (Å²) in [6.07, 6.45) is 3.91. The van der Waals surface area contributed by atoms with Crippen LogP contribution in [0, 0.1) is 12.3 Å². The maximum atomic E-state index is 10.5. The number of hydrogen-bond donors (Lipinski definition) is 3. The van der Waals surface area contributed by atoms with Crippen molar-refractivity contribution in [3.05, 3.63) is 29.3 Å². The van der Waals surface area contributed by atoms with E-state index in [1.807, 2.05) is 37.1 Å². The smallest absolute Gasteiger partial charge is 0.124 e. The first-order chi connectivity index (χ1) is 8.91. The quantitative estimate of drug-likeness (QED) is 0.573. The van der Waals surface area contributed by atoms with Gasteiger partial charge in [0.2, 0.25) is 0 Å². The zero-order valence-electron chi connectivity index (χ0n) is 11.7. The van der Waals surface area contributed by atoms with Gasteiger partial charge in [0.25, 0.3) is 0 Å². The van der Waals surface area contributed by atoms with Crippen LogP contribution in [-0.2, 0) is 0 Å². The number of nitrogens with two attached hydrogens (primary N) is 1. The van der Waals surface area contributed by atoms with Crippen LogP contribution in [0.2, 0.25) is 0 Å². The Morgan fingerprint density at radius 2 is 2.05 bits per heavy atom. The van der Waals surface area contributed by atoms with Crippen molar-refractivity contribution in [3.8, 4) is 0 Å². The summed E-state index contributed by atoms with van der Waals surface area (Å²) in [7, 11) is 1.96. The number of rotatable bonds is 4. The van der Waals surface area contributed by atoms with Crippen molar-refractivity contribution in [1.29, 1.82) is 5.41 Å². The van der Waals surface area contributed by atoms with E-state index in [1.165, 1.54) is 0 Å². The van der Waals surface area contributed by atoms with Crippen LogP contribution in [0.1, 0.15) is 36.8 Å². The fourth-order valence-electron chi connectivity index (χ4n) is 2.90. The summed E-state index contributed by atoms with van der Waals surface area (Å²) in [5.74, 6) is 0.0697. The van der Waals surface area contributed by atoms with Crippen LogP contribution in [0.3, 0.4) is 0 Å². The molecule has 0 aliphatic heterocycles. The third-order valence-corrected chi connectivity index (χ3v) is 3.92. The average Bonchev–Trinajstić information content (AvgIpc) is 2.75. The van der Waals surface area contributed by atoms with Crippen molar-refractivity contribution in [2.45, 2.75) is 38.2 Å². The number of benzene rings is 1. The summed E-state index contributed by atoms with van der Waals surface area (Å²) in [5, 5.41) is 18.2. The Morgan fingerprint density at radius 1 is 1.42 bits per heavy atom. The molecule has 4 heteroatoms. The number of hydrogen-bond acceptors (Lipinski definition) is 3. The molecule has 1 aromatic carbocycles. The molecule has 2 rings (SSSR count). The van der Waals surface area contributed by atoms with Crippen LogP contribution >= 0.6 is 0 Å². The lowest BCUT2D eigenvalue weighted by Crippen LogP contribution is -2.40. The lowest BCUT2D eigenvalue weighted by molar-refractivity contribution is 0.0559. The van der Waals surface area contributed by atoms with Gasteiger partial charge in [0, 0.05) is 24.8 Å². The first kappa shape index (κ1) is 13.9. The molecule has 0 amide bonds. The van der Waals surface area contributed by atoms with Crippen molar-refractivity contribution in [1.82, 2.24) is 0 Å². The second-order valence-corrected chi connectivity index (χ2v) is 5.72. The predicted molar refractivity (Wildman–Crippen MR) is 78.9 cm³/mol. The highest BCUT2D eigenvalue weighted by Gasteiger charge is 2.32. The Hall–Kier alpha value is -1.55. The third kappa shape index (κ3) is 3.07. The summed E-state index contributed by atoms with van der Waals surface area (Å²) >= 11 is 0. The fraction of sp³-hybridized carbons (Fsp3) is 0.533. The highest BCUT2D eigenvalue weighted by molar-refractivity contribution is 6.00. The topological polar surface area (TPSA) is 73.3 Å². The highest BCUT2D eigenvalue weighted by Crippen LogP contribution is 2.32. The maximum absolute atomic E-state index is 10.5. The minimum Gasteiger partial charge on any atom is -0.388 e. The van der Waals surface area contributed by atoms with Crippen molar-refractivity contribution < 1.29 is 5.11 Å². The Morgan fingerprint density at radius 3 is 2.63 bits per heavy atom. The van der Waals surface area contributed by atoms with Crippen molar-refractivity contribution in [3.63, 3.8) is 0 Å². The van der Waals surface area contributed by atoms with Gasteiger partial charge in [0.15, 0.2) is 0 Å². The van der Waals surface area contributed by atoms with E-state index >= 15 is 0 Å². The Kier molecular flexibility index (Phi) is 3.80. The number of nitrogens with one attached hydrogen (secondary N) is 1. The Labute approximate surface area is 114 Å². The lowest BCUT2D eigenvalue weighted by atomic mass is 10.0. The molecule has 1 saturated carbocycles. The molecule has 0 saturated heterocycles. The van der Waals surface area contributed by atoms with Crippen LogP contribution in [0.4, 0.5) is 5.69 Å². The molecule has 0 radical (unpaired) electrons. The predicted octanol–water partition coefficient (Wildman–Crippen LogP) is 2.02. The molecular formula is C15H23N3O. The van der Waals surface area contributed by atoms with Gasteiger partial charge in [-0.2, -0.15) is 0 Å². The standard InChI is InChI=1S/C15H23N3O/c1-11-5-6-12(14(16)17)13(9-11)18(2)10-15(19)7-3-4-8-15/h5-6,9,19H,3-4,7-8,10H2,1-2H3,(H3,16,17). The van der Waals surface area contributed by atoms with E-state index in [0.29, 0.717) is 6.54 Å². The van der Waals surface area contributed by atoms with Gasteiger partial charge in [0.05, 0.1) is 5.60 Å². The highest BCUT2D eigenvalue weighted by atomic mass is 16.3. The minimum atomic E-state index is -0.591. The number of likely N-dealkylation sites (N-methyl/N-ethyl adjacent to an activating group) is 1. The molecule has 4 N–H and O–H groups in total. The van der Waals surface area contributed by atoms with Gasteiger partial charge in [-0.05, 0) is 37.5 Å². The molecule has 19 heavy (non-hydrogen) atoms. The fourth-order valence-corrected chi connectivity index (χ4v) is 2.90. The first-order valence-electron chi connectivity index (χ1n) is 6.80. The Balaban J connectivity index is 2.24. The number of nitrogens with zero attached hydrogens (tertiary/aromatic N) is 1. The van der Waals surface area contributed by atoms with E-state index in [2.05, 4.69) is 0 Å². The molecule has 0 unspecified atom stereocenters. The van der Waals surface area contributed by atoms with Gasteiger partial charge >= 0.3 is 0 Å². The number of amidine groups is 1. The maximum Gasteiger partial charge on any atom is 0.124 e. The third-order valence-electron chi connectivity index (χ3n) is 3.92. The van der Waals surface area contributed by atoms with Crippen LogP contribution < -0.4 is 10.6 Å². The van der Waals surface area contributed by atoms with E-state index < -0.39 is 5.60 Å². The van der Waals surface area contributed by atoms with Crippen LogP contribution in [0.25, 0.3) is 0 Å². The first-order valence-corrected chi connectivity index (χ1v) is 6.80. The van der Waals surface area contributed by atoms with Gasteiger partial charge in [-0.15, -0.1) is 0 Å². The summed E-state index contributed by atoms with van der Waals surface area (Å²) < 4.78 is 0. The molecule has 0 aromatic heterocycles. The summed E-state index contributed by atoms with van der Waals surface area (Å²) in [5.41, 5.74) is 7.83. The monoisotopic (exact) mass is 261 g/mol. The molecule has 1 aliphatic carbocycles. The zero-order chi connectivity index (χ0) is 14.0. The minimum absolute atomic E-state index is 0.0697. The molecule has 0 spiro atoms. The van der Waals surface area contributed by atoms with Crippen molar-refractivity contribution >= 4 is 11.5 Å². The number of aryl methyl sites for hydroxylation is 1. The molecule has 1 aliphatic rings. The molecule has 0 heterocycles. The molecule has 0 atom stereocenters. The SMILES string of the molecule is Cc1ccc(C(=N)N)c(N(C)CC2(O)CCCC2)c1. The molecule has 4 nitrogen and oxygen atoms in total. The summed E-state index contributed by atoms with van der Waals surface area (Å²) in [4.78, 5) is 2.02. The van der Waals surface area contributed by atoms with Crippen LogP contribution in [0.15, 0.2) is 18.2 Å². The van der Waals surface area contributed by atoms with E-state index in [4.69, 9.17) is 11.1 Å². The summed E-state index contributed by atoms with van der Waals surface area (Å²) in [6.45, 7) is 2.61. The summed E-state index contributed by atoms with van der Waals surface area (Å²) in [6, 6.07) is 5.86. The van der Waals surface area contributed by atoms with Crippen molar-refractivity contribution in [2.75, 3.05) is 18.5 Å². The van der Waals surface area contributed by atoms with Crippen LogP contribution in [0.5, 0.6) is 0 Å². The largest absolute Gasteiger partial charge is 0.388 e. The van der Waals surface area contributed by atoms with E-state index in [1.54, 1.807) is 0 Å². The van der Waals surface area contributed by atoms with Gasteiger partial charge < -0.3 is 15.7 Å². The normalized spacial score (nSPS) is 17.4. The van der Waals surface area contributed by atoms with E-state index in [0.717, 1.165) is 42.5 Å². The van der Waals surface area contributed by atoms with E-state index in [9.17, 15) is 5.11 Å². The van der Waals surface area contributed by atoms with Gasteiger partial charge in [0.1, 0.15) is 5.84 Å².